The summed E-state index contributed by atoms with van der Waals surface area (Å²) in [5.41, 5.74) is 1.48. The van der Waals surface area contributed by atoms with Gasteiger partial charge in [0.2, 0.25) is 0 Å². The van der Waals surface area contributed by atoms with Gasteiger partial charge in [-0.1, -0.05) is 35.0 Å². The van der Waals surface area contributed by atoms with E-state index in [4.69, 9.17) is 4.74 Å². The normalized spacial score (nSPS) is 23.3. The maximum Gasteiger partial charge on any atom is 0.411 e. The molecule has 2 heterocycles. The highest BCUT2D eigenvalue weighted by Crippen LogP contribution is 2.40. The molecule has 1 aliphatic heterocycles. The van der Waals surface area contributed by atoms with E-state index in [1.165, 1.54) is 0 Å². The summed E-state index contributed by atoms with van der Waals surface area (Å²) in [5, 5.41) is 0. The highest BCUT2D eigenvalue weighted by molar-refractivity contribution is 9.10. The van der Waals surface area contributed by atoms with Crippen LogP contribution in [0.5, 0.6) is 0 Å². The summed E-state index contributed by atoms with van der Waals surface area (Å²) in [6.07, 6.45) is 2.42. The van der Waals surface area contributed by atoms with Crippen molar-refractivity contribution in [2.24, 2.45) is 5.92 Å². The molecule has 3 rings (SSSR count). The predicted octanol–water partition coefficient (Wildman–Crippen LogP) is 5.55. The third-order valence-electron chi connectivity index (χ3n) is 4.84. The number of hydrogen-bond donors (Lipinski definition) is 1. The molecule has 3 atom stereocenters. The summed E-state index contributed by atoms with van der Waals surface area (Å²) in [6.45, 7) is 9.92. The summed E-state index contributed by atoms with van der Waals surface area (Å²) in [6, 6.07) is 8.07. The Balaban J connectivity index is 1.88. The van der Waals surface area contributed by atoms with E-state index >= 15 is 0 Å². The first kappa shape index (κ1) is 19.0. The molecule has 0 unspecified atom stereocenters. The molecular formula is C20H26BrN3O2. The van der Waals surface area contributed by atoms with E-state index in [-0.39, 0.29) is 18.2 Å². The van der Waals surface area contributed by atoms with Gasteiger partial charge < -0.3 is 9.72 Å². The van der Waals surface area contributed by atoms with Gasteiger partial charge in [0, 0.05) is 16.1 Å². The second-order valence-electron chi connectivity index (χ2n) is 8.05. The largest absolute Gasteiger partial charge is 0.444 e. The average Bonchev–Trinajstić information content (AvgIpc) is 3.11. The molecule has 0 radical (unpaired) electrons. The highest BCUT2D eigenvalue weighted by Gasteiger charge is 2.43. The molecule has 26 heavy (non-hydrogen) atoms. The van der Waals surface area contributed by atoms with Gasteiger partial charge in [-0.15, -0.1) is 0 Å². The Bertz CT molecular complexity index is 796. The van der Waals surface area contributed by atoms with E-state index in [2.05, 4.69) is 39.7 Å². The molecule has 0 bridgehead atoms. The summed E-state index contributed by atoms with van der Waals surface area (Å²) in [7, 11) is 0. The first-order valence-electron chi connectivity index (χ1n) is 8.98. The van der Waals surface area contributed by atoms with E-state index in [9.17, 15) is 4.79 Å². The molecule has 0 aliphatic carbocycles. The van der Waals surface area contributed by atoms with E-state index in [1.807, 2.05) is 56.1 Å². The molecule has 1 aliphatic rings. The standard InChI is InChI=1S/C20H26BrN3O2/c1-12-9-17(24(13(12)2)19(25)26-20(3,4)5)18-22-11-16(23-18)14-7-6-8-15(21)10-14/h6-8,10-13,17H,9H2,1-5H3,(H,22,23)/t12-,13-,17+/m1/s1. The maximum atomic E-state index is 12.8. The van der Waals surface area contributed by atoms with E-state index in [0.29, 0.717) is 5.92 Å². The summed E-state index contributed by atoms with van der Waals surface area (Å²) >= 11 is 3.50. The van der Waals surface area contributed by atoms with Crippen molar-refractivity contribution < 1.29 is 9.53 Å². The van der Waals surface area contributed by atoms with Crippen LogP contribution >= 0.6 is 15.9 Å². The highest BCUT2D eigenvalue weighted by atomic mass is 79.9. The lowest BCUT2D eigenvalue weighted by molar-refractivity contribution is 0.0140. The number of carbonyl (C=O) groups excluding carboxylic acids is 1. The Morgan fingerprint density at radius 3 is 2.73 bits per heavy atom. The Labute approximate surface area is 163 Å². The number of hydrogen-bond acceptors (Lipinski definition) is 3. The Kier molecular flexibility index (Phi) is 5.15. The summed E-state index contributed by atoms with van der Waals surface area (Å²) in [4.78, 5) is 22.6. The zero-order chi connectivity index (χ0) is 19.1. The minimum atomic E-state index is -0.516. The average molecular weight is 420 g/mol. The van der Waals surface area contributed by atoms with Gasteiger partial charge in [-0.2, -0.15) is 0 Å². The van der Waals surface area contributed by atoms with Crippen molar-refractivity contribution in [2.75, 3.05) is 0 Å². The molecule has 1 amide bonds. The van der Waals surface area contributed by atoms with Crippen molar-refractivity contribution in [1.82, 2.24) is 14.9 Å². The number of imidazole rings is 1. The third-order valence-corrected chi connectivity index (χ3v) is 5.34. The molecule has 6 heteroatoms. The number of benzene rings is 1. The van der Waals surface area contributed by atoms with Crippen molar-refractivity contribution in [3.05, 3.63) is 40.8 Å². The van der Waals surface area contributed by atoms with Crippen LogP contribution in [0, 0.1) is 5.92 Å². The molecule has 0 saturated carbocycles. The van der Waals surface area contributed by atoms with Gasteiger partial charge in [0.05, 0.1) is 17.9 Å². The molecule has 2 aromatic rings. The number of nitrogens with one attached hydrogen (secondary N) is 1. The summed E-state index contributed by atoms with van der Waals surface area (Å²) in [5.74, 6) is 1.19. The second kappa shape index (κ2) is 7.06. The molecule has 1 saturated heterocycles. The van der Waals surface area contributed by atoms with Crippen LogP contribution in [-0.4, -0.2) is 32.6 Å². The predicted molar refractivity (Wildman–Crippen MR) is 106 cm³/mol. The van der Waals surface area contributed by atoms with Gasteiger partial charge in [0.1, 0.15) is 11.4 Å². The first-order valence-corrected chi connectivity index (χ1v) is 9.77. The molecule has 5 nitrogen and oxygen atoms in total. The summed E-state index contributed by atoms with van der Waals surface area (Å²) < 4.78 is 6.66. The second-order valence-corrected chi connectivity index (χ2v) is 8.97. The monoisotopic (exact) mass is 419 g/mol. The fourth-order valence-corrected chi connectivity index (χ4v) is 3.78. The zero-order valence-electron chi connectivity index (χ0n) is 15.9. The minimum absolute atomic E-state index is 0.101. The molecule has 1 fully saturated rings. The van der Waals surface area contributed by atoms with Gasteiger partial charge in [0.15, 0.2) is 0 Å². The van der Waals surface area contributed by atoms with Crippen LogP contribution < -0.4 is 0 Å². The number of nitrogens with zero attached hydrogens (tertiary/aromatic N) is 2. The van der Waals surface area contributed by atoms with Gasteiger partial charge in [-0.25, -0.2) is 9.78 Å². The number of H-pyrrole nitrogens is 1. The molecular weight excluding hydrogens is 394 g/mol. The van der Waals surface area contributed by atoms with Crippen LogP contribution in [0.4, 0.5) is 4.79 Å². The van der Waals surface area contributed by atoms with E-state index in [1.54, 1.807) is 0 Å². The van der Waals surface area contributed by atoms with Crippen LogP contribution in [0.1, 0.15) is 52.9 Å². The number of carbonyl (C=O) groups is 1. The van der Waals surface area contributed by atoms with Gasteiger partial charge in [-0.3, -0.25) is 4.90 Å². The lowest BCUT2D eigenvalue weighted by Crippen LogP contribution is -2.41. The molecule has 140 valence electrons. The Hall–Kier alpha value is -1.82. The molecule has 1 N–H and O–H groups in total. The molecule has 1 aromatic heterocycles. The van der Waals surface area contributed by atoms with Crippen LogP contribution in [-0.2, 0) is 4.74 Å². The number of ether oxygens (including phenoxy) is 1. The number of aromatic nitrogens is 2. The van der Waals surface area contributed by atoms with Gasteiger partial charge in [-0.05, 0) is 52.2 Å². The fraction of sp³-hybridized carbons (Fsp3) is 0.500. The Morgan fingerprint density at radius 1 is 1.35 bits per heavy atom. The van der Waals surface area contributed by atoms with Gasteiger partial charge >= 0.3 is 6.09 Å². The fourth-order valence-electron chi connectivity index (χ4n) is 3.38. The topological polar surface area (TPSA) is 58.2 Å². The lowest BCUT2D eigenvalue weighted by atomic mass is 10.0. The smallest absolute Gasteiger partial charge is 0.411 e. The number of halogens is 1. The van der Waals surface area contributed by atoms with Crippen molar-refractivity contribution >= 4 is 22.0 Å². The van der Waals surface area contributed by atoms with Crippen molar-refractivity contribution in [3.8, 4) is 11.3 Å². The van der Waals surface area contributed by atoms with Crippen molar-refractivity contribution in [3.63, 3.8) is 0 Å². The maximum absolute atomic E-state index is 12.8. The first-order chi connectivity index (χ1) is 12.2. The van der Waals surface area contributed by atoms with Crippen LogP contribution in [0.25, 0.3) is 11.3 Å². The number of amides is 1. The third kappa shape index (κ3) is 3.95. The number of rotatable bonds is 2. The molecule has 1 aromatic carbocycles. The number of aromatic amines is 1. The van der Waals surface area contributed by atoms with Gasteiger partial charge in [0.25, 0.3) is 0 Å². The Morgan fingerprint density at radius 2 is 2.08 bits per heavy atom. The van der Waals surface area contributed by atoms with E-state index in [0.717, 1.165) is 28.0 Å². The number of likely N-dealkylation sites (tertiary alicyclic amines) is 1. The quantitative estimate of drug-likeness (QED) is 0.694. The van der Waals surface area contributed by atoms with Crippen molar-refractivity contribution in [1.29, 1.82) is 0 Å². The zero-order valence-corrected chi connectivity index (χ0v) is 17.5. The van der Waals surface area contributed by atoms with Crippen LogP contribution in [0.15, 0.2) is 34.9 Å². The lowest BCUT2D eigenvalue weighted by Gasteiger charge is -2.31. The molecule has 0 spiro atoms. The van der Waals surface area contributed by atoms with Crippen LogP contribution in [0.3, 0.4) is 0 Å². The SMILES string of the molecule is C[C@@H]1C[C@@H](c2ncc(-c3cccc(Br)c3)[nH]2)N(C(=O)OC(C)(C)C)[C@@H]1C. The van der Waals surface area contributed by atoms with Crippen molar-refractivity contribution in [2.45, 2.75) is 58.7 Å². The van der Waals surface area contributed by atoms with Crippen LogP contribution in [0.2, 0.25) is 0 Å². The van der Waals surface area contributed by atoms with E-state index < -0.39 is 5.60 Å². The minimum Gasteiger partial charge on any atom is -0.444 e.